The first-order chi connectivity index (χ1) is 11.6. The van der Waals surface area contributed by atoms with E-state index in [1.807, 2.05) is 6.07 Å². The summed E-state index contributed by atoms with van der Waals surface area (Å²) in [7, 11) is 2.96. The molecule has 0 aliphatic heterocycles. The van der Waals surface area contributed by atoms with Gasteiger partial charge in [-0.2, -0.15) is 5.26 Å². The Balaban J connectivity index is 2.04. The van der Waals surface area contributed by atoms with E-state index < -0.39 is 0 Å². The van der Waals surface area contributed by atoms with Crippen LogP contribution in [-0.2, 0) is 4.79 Å². The summed E-state index contributed by atoms with van der Waals surface area (Å²) in [6.45, 7) is -0.238. The Labute approximate surface area is 144 Å². The number of carbonyl (C=O) groups excluding carboxylic acids is 1. The molecule has 2 rings (SSSR count). The molecule has 0 atom stereocenters. The van der Waals surface area contributed by atoms with Gasteiger partial charge in [0.1, 0.15) is 5.75 Å². The normalized spacial score (nSPS) is 9.75. The zero-order valence-corrected chi connectivity index (χ0v) is 13.9. The molecule has 6 nitrogen and oxygen atoms in total. The van der Waals surface area contributed by atoms with Crippen LogP contribution in [0.2, 0.25) is 5.02 Å². The molecule has 0 aliphatic carbocycles. The van der Waals surface area contributed by atoms with Crippen molar-refractivity contribution in [3.8, 4) is 23.3 Å². The minimum absolute atomic E-state index is 0.238. The number of amides is 1. The Morgan fingerprint density at radius 3 is 2.50 bits per heavy atom. The molecular weight excluding hydrogens is 332 g/mol. The second-order valence-electron chi connectivity index (χ2n) is 4.66. The van der Waals surface area contributed by atoms with Gasteiger partial charge < -0.3 is 19.5 Å². The molecule has 0 heterocycles. The summed E-state index contributed by atoms with van der Waals surface area (Å²) in [5.41, 5.74) is 0.887. The van der Waals surface area contributed by atoms with Gasteiger partial charge in [-0.3, -0.25) is 4.79 Å². The van der Waals surface area contributed by atoms with Crippen LogP contribution in [0.1, 0.15) is 5.56 Å². The summed E-state index contributed by atoms with van der Waals surface area (Å²) in [5, 5.41) is 12.0. The molecule has 0 spiro atoms. The highest BCUT2D eigenvalue weighted by Gasteiger charge is 2.11. The zero-order chi connectivity index (χ0) is 17.5. The number of rotatable bonds is 6. The summed E-state index contributed by atoms with van der Waals surface area (Å²) in [6.07, 6.45) is 0. The largest absolute Gasteiger partial charge is 0.495 e. The van der Waals surface area contributed by atoms with E-state index in [0.29, 0.717) is 33.5 Å². The van der Waals surface area contributed by atoms with Gasteiger partial charge in [0, 0.05) is 11.1 Å². The highest BCUT2D eigenvalue weighted by atomic mass is 35.5. The van der Waals surface area contributed by atoms with Crippen LogP contribution in [0, 0.1) is 11.3 Å². The predicted octanol–water partition coefficient (Wildman–Crippen LogP) is 3.25. The summed E-state index contributed by atoms with van der Waals surface area (Å²) < 4.78 is 15.8. The fraction of sp³-hybridized carbons (Fsp3) is 0.176. The smallest absolute Gasteiger partial charge is 0.262 e. The maximum Gasteiger partial charge on any atom is 0.262 e. The van der Waals surface area contributed by atoms with E-state index in [0.717, 1.165) is 0 Å². The molecule has 24 heavy (non-hydrogen) atoms. The van der Waals surface area contributed by atoms with E-state index >= 15 is 0 Å². The Morgan fingerprint density at radius 2 is 1.83 bits per heavy atom. The van der Waals surface area contributed by atoms with Crippen LogP contribution in [0.15, 0.2) is 36.4 Å². The second kappa shape index (κ2) is 8.09. The minimum atomic E-state index is -0.387. The van der Waals surface area contributed by atoms with Crippen molar-refractivity contribution in [2.75, 3.05) is 26.1 Å². The molecule has 0 bridgehead atoms. The van der Waals surface area contributed by atoms with Crippen LogP contribution in [0.4, 0.5) is 5.69 Å². The number of nitriles is 1. The van der Waals surface area contributed by atoms with Crippen molar-refractivity contribution < 1.29 is 19.0 Å². The lowest BCUT2D eigenvalue weighted by Gasteiger charge is -2.12. The molecule has 7 heteroatoms. The summed E-state index contributed by atoms with van der Waals surface area (Å²) in [4.78, 5) is 12.1. The van der Waals surface area contributed by atoms with Crippen LogP contribution in [0.5, 0.6) is 17.2 Å². The highest BCUT2D eigenvalue weighted by Crippen LogP contribution is 2.29. The lowest BCUT2D eigenvalue weighted by atomic mass is 10.2. The maximum absolute atomic E-state index is 12.1. The molecular formula is C17H15ClN2O4. The minimum Gasteiger partial charge on any atom is -0.495 e. The third kappa shape index (κ3) is 4.31. The summed E-state index contributed by atoms with van der Waals surface area (Å²) >= 11 is 5.92. The topological polar surface area (TPSA) is 80.6 Å². The lowest BCUT2D eigenvalue weighted by Crippen LogP contribution is -2.20. The second-order valence-corrected chi connectivity index (χ2v) is 5.10. The zero-order valence-electron chi connectivity index (χ0n) is 13.1. The van der Waals surface area contributed by atoms with Gasteiger partial charge in [-0.25, -0.2) is 0 Å². The molecule has 1 N–H and O–H groups in total. The van der Waals surface area contributed by atoms with E-state index in [9.17, 15) is 4.79 Å². The standard InChI is InChI=1S/C17H15ClN2O4/c1-22-14-6-4-12(18)8-13(14)20-17(21)10-24-15-5-3-11(9-19)7-16(15)23-2/h3-8H,10H2,1-2H3,(H,20,21). The maximum atomic E-state index is 12.1. The van der Waals surface area contributed by atoms with Gasteiger partial charge in [-0.1, -0.05) is 11.6 Å². The fourth-order valence-corrected chi connectivity index (χ4v) is 2.14. The Morgan fingerprint density at radius 1 is 1.12 bits per heavy atom. The van der Waals surface area contributed by atoms with Gasteiger partial charge in [-0.05, 0) is 30.3 Å². The van der Waals surface area contributed by atoms with Gasteiger partial charge in [0.25, 0.3) is 5.91 Å². The Hall–Kier alpha value is -2.91. The number of benzene rings is 2. The number of anilines is 1. The van der Waals surface area contributed by atoms with E-state index in [1.54, 1.807) is 30.3 Å². The number of carbonyl (C=O) groups is 1. The number of nitrogens with one attached hydrogen (secondary N) is 1. The highest BCUT2D eigenvalue weighted by molar-refractivity contribution is 6.31. The average Bonchev–Trinajstić information content (AvgIpc) is 2.60. The van der Waals surface area contributed by atoms with Gasteiger partial charge in [0.2, 0.25) is 0 Å². The quantitative estimate of drug-likeness (QED) is 0.868. The van der Waals surface area contributed by atoms with Crippen molar-refractivity contribution in [2.45, 2.75) is 0 Å². The molecule has 2 aromatic carbocycles. The Bertz CT molecular complexity index is 787. The van der Waals surface area contributed by atoms with Gasteiger partial charge in [0.05, 0.1) is 31.5 Å². The third-order valence-corrected chi connectivity index (χ3v) is 3.32. The van der Waals surface area contributed by atoms with E-state index in [4.69, 9.17) is 31.1 Å². The SMILES string of the molecule is COc1ccc(Cl)cc1NC(=O)COc1ccc(C#N)cc1OC. The first kappa shape index (κ1) is 17.4. The monoisotopic (exact) mass is 346 g/mol. The number of ether oxygens (including phenoxy) is 3. The molecule has 0 fully saturated rings. The van der Waals surface area contributed by atoms with Crippen molar-refractivity contribution in [1.29, 1.82) is 5.26 Å². The molecule has 124 valence electrons. The van der Waals surface area contributed by atoms with Crippen LogP contribution < -0.4 is 19.5 Å². The van der Waals surface area contributed by atoms with Gasteiger partial charge in [-0.15, -0.1) is 0 Å². The molecule has 0 saturated heterocycles. The number of hydrogen-bond acceptors (Lipinski definition) is 5. The molecule has 0 aromatic heterocycles. The van der Waals surface area contributed by atoms with Gasteiger partial charge in [0.15, 0.2) is 18.1 Å². The van der Waals surface area contributed by atoms with E-state index in [1.165, 1.54) is 20.3 Å². The number of hydrogen-bond donors (Lipinski definition) is 1. The molecule has 0 unspecified atom stereocenters. The summed E-state index contributed by atoms with van der Waals surface area (Å²) in [6, 6.07) is 11.6. The van der Waals surface area contributed by atoms with Crippen LogP contribution >= 0.6 is 11.6 Å². The molecule has 1 amide bonds. The van der Waals surface area contributed by atoms with Crippen molar-refractivity contribution >= 4 is 23.2 Å². The van der Waals surface area contributed by atoms with E-state index in [-0.39, 0.29) is 12.5 Å². The number of methoxy groups -OCH3 is 2. The number of nitrogens with zero attached hydrogens (tertiary/aromatic N) is 1. The predicted molar refractivity (Wildman–Crippen MR) is 89.8 cm³/mol. The van der Waals surface area contributed by atoms with Gasteiger partial charge >= 0.3 is 0 Å². The summed E-state index contributed by atoms with van der Waals surface area (Å²) in [5.74, 6) is 0.845. The van der Waals surface area contributed by atoms with Crippen molar-refractivity contribution in [2.24, 2.45) is 0 Å². The fourth-order valence-electron chi connectivity index (χ4n) is 1.96. The molecule has 0 aliphatic rings. The molecule has 2 aromatic rings. The molecule has 0 radical (unpaired) electrons. The van der Waals surface area contributed by atoms with Crippen LogP contribution in [0.25, 0.3) is 0 Å². The first-order valence-electron chi connectivity index (χ1n) is 6.91. The van der Waals surface area contributed by atoms with Crippen molar-refractivity contribution in [1.82, 2.24) is 0 Å². The van der Waals surface area contributed by atoms with Crippen LogP contribution in [0.3, 0.4) is 0 Å². The average molecular weight is 347 g/mol. The molecule has 0 saturated carbocycles. The first-order valence-corrected chi connectivity index (χ1v) is 7.29. The van der Waals surface area contributed by atoms with Crippen molar-refractivity contribution in [3.05, 3.63) is 47.0 Å². The third-order valence-electron chi connectivity index (χ3n) is 3.09. The van der Waals surface area contributed by atoms with E-state index in [2.05, 4.69) is 5.32 Å². The van der Waals surface area contributed by atoms with Crippen LogP contribution in [-0.4, -0.2) is 26.7 Å². The lowest BCUT2D eigenvalue weighted by molar-refractivity contribution is -0.118. The van der Waals surface area contributed by atoms with Crippen molar-refractivity contribution in [3.63, 3.8) is 0 Å². The Kier molecular flexibility index (Phi) is 5.88. The number of halogens is 1.